The first-order chi connectivity index (χ1) is 15.1. The van der Waals surface area contributed by atoms with E-state index in [-0.39, 0.29) is 24.0 Å². The Labute approximate surface area is 206 Å². The van der Waals surface area contributed by atoms with Gasteiger partial charge in [-0.15, -0.1) is 34.2 Å². The largest absolute Gasteiger partial charge is 0.497 e. The maximum absolute atomic E-state index is 5.50. The molecule has 10 nitrogen and oxygen atoms in total. The average molecular weight is 559 g/mol. The zero-order valence-electron chi connectivity index (χ0n) is 19.3. The number of aryl methyl sites for hydroxylation is 1. The summed E-state index contributed by atoms with van der Waals surface area (Å²) >= 11 is 0. The fourth-order valence-electron chi connectivity index (χ4n) is 3.25. The predicted octanol–water partition coefficient (Wildman–Crippen LogP) is 1.33. The van der Waals surface area contributed by atoms with Crippen LogP contribution >= 0.6 is 24.0 Å². The van der Waals surface area contributed by atoms with Crippen molar-refractivity contribution in [2.24, 2.45) is 12.0 Å². The van der Waals surface area contributed by atoms with Gasteiger partial charge in [-0.05, 0) is 19.1 Å². The van der Waals surface area contributed by atoms with E-state index in [1.807, 2.05) is 36.7 Å². The van der Waals surface area contributed by atoms with Crippen LogP contribution in [0.5, 0.6) is 11.5 Å². The van der Waals surface area contributed by atoms with Crippen LogP contribution in [0.4, 0.5) is 0 Å². The van der Waals surface area contributed by atoms with E-state index < -0.39 is 0 Å². The number of aliphatic imine (C=N–C) groups is 1. The van der Waals surface area contributed by atoms with Crippen LogP contribution in [0, 0.1) is 6.92 Å². The van der Waals surface area contributed by atoms with Crippen molar-refractivity contribution in [3.63, 3.8) is 0 Å². The van der Waals surface area contributed by atoms with Crippen molar-refractivity contribution in [3.8, 4) is 11.5 Å². The van der Waals surface area contributed by atoms with Crippen LogP contribution in [0.3, 0.4) is 0 Å². The van der Waals surface area contributed by atoms with Gasteiger partial charge in [-0.2, -0.15) is 0 Å². The highest BCUT2D eigenvalue weighted by molar-refractivity contribution is 14.0. The minimum Gasteiger partial charge on any atom is -0.497 e. The molecule has 1 fully saturated rings. The number of guanidine groups is 1. The maximum Gasteiger partial charge on any atom is 0.192 e. The molecule has 0 radical (unpaired) electrons. The first-order valence-corrected chi connectivity index (χ1v) is 10.5. The Bertz CT molecular complexity index is 869. The number of aromatic nitrogens is 3. The van der Waals surface area contributed by atoms with Crippen molar-refractivity contribution < 1.29 is 14.2 Å². The van der Waals surface area contributed by atoms with Crippen molar-refractivity contribution in [3.05, 3.63) is 35.4 Å². The molecule has 2 N–H and O–H groups in total. The van der Waals surface area contributed by atoms with E-state index >= 15 is 0 Å². The second-order valence-electron chi connectivity index (χ2n) is 7.30. The second-order valence-corrected chi connectivity index (χ2v) is 7.30. The van der Waals surface area contributed by atoms with Crippen molar-refractivity contribution in [1.29, 1.82) is 0 Å². The van der Waals surface area contributed by atoms with E-state index in [1.165, 1.54) is 0 Å². The third-order valence-corrected chi connectivity index (χ3v) is 5.32. The molecule has 0 bridgehead atoms. The molecule has 0 spiro atoms. The lowest BCUT2D eigenvalue weighted by Gasteiger charge is -2.26. The van der Waals surface area contributed by atoms with Gasteiger partial charge in [0.1, 0.15) is 17.3 Å². The number of hydrogen-bond acceptors (Lipinski definition) is 7. The van der Waals surface area contributed by atoms with Crippen molar-refractivity contribution in [2.75, 3.05) is 53.6 Å². The van der Waals surface area contributed by atoms with E-state index in [0.29, 0.717) is 19.0 Å². The van der Waals surface area contributed by atoms with Crippen molar-refractivity contribution in [1.82, 2.24) is 30.3 Å². The molecule has 1 aromatic heterocycles. The SMILES string of the molecule is COc1ccc(CN=C(NCCN2CCOCC2)NCc2nnc(C)n2C)c(OC)c1.I. The lowest BCUT2D eigenvalue weighted by Crippen LogP contribution is -2.44. The molecule has 1 aliphatic rings. The molecule has 3 rings (SSSR count). The van der Waals surface area contributed by atoms with Crippen LogP contribution in [0.2, 0.25) is 0 Å². The molecule has 0 unspecified atom stereocenters. The molecule has 11 heteroatoms. The Kier molecular flexibility index (Phi) is 11.0. The monoisotopic (exact) mass is 559 g/mol. The molecule has 0 atom stereocenters. The zero-order chi connectivity index (χ0) is 22.1. The molecular weight excluding hydrogens is 525 g/mol. The smallest absolute Gasteiger partial charge is 0.192 e. The molecular formula is C21H34IN7O3. The summed E-state index contributed by atoms with van der Waals surface area (Å²) in [6.07, 6.45) is 0. The van der Waals surface area contributed by atoms with Crippen LogP contribution in [0.15, 0.2) is 23.2 Å². The second kappa shape index (κ2) is 13.4. The Balaban J connectivity index is 0.00000363. The van der Waals surface area contributed by atoms with Gasteiger partial charge >= 0.3 is 0 Å². The molecule has 0 amide bonds. The number of hydrogen-bond donors (Lipinski definition) is 2. The Hall–Kier alpha value is -2.12. The number of nitrogens with zero attached hydrogens (tertiary/aromatic N) is 5. The zero-order valence-corrected chi connectivity index (χ0v) is 21.6. The third-order valence-electron chi connectivity index (χ3n) is 5.32. The molecule has 1 aromatic carbocycles. The van der Waals surface area contributed by atoms with Gasteiger partial charge in [0.2, 0.25) is 0 Å². The number of ether oxygens (including phenoxy) is 3. The number of benzene rings is 1. The minimum absolute atomic E-state index is 0. The van der Waals surface area contributed by atoms with Gasteiger partial charge in [0, 0.05) is 44.9 Å². The first-order valence-electron chi connectivity index (χ1n) is 10.5. The average Bonchev–Trinajstić information content (AvgIpc) is 3.13. The number of methoxy groups -OCH3 is 2. The standard InChI is InChI=1S/C21H33N7O3.HI/c1-16-25-26-20(27(16)2)15-24-21(22-7-8-28-9-11-31-12-10-28)23-14-17-5-6-18(29-3)13-19(17)30-4;/h5-6,13H,7-12,14-15H2,1-4H3,(H2,22,23,24);1H. The lowest BCUT2D eigenvalue weighted by molar-refractivity contribution is 0.0389. The fraction of sp³-hybridized carbons (Fsp3) is 0.571. The van der Waals surface area contributed by atoms with Crippen LogP contribution in [0.25, 0.3) is 0 Å². The molecule has 32 heavy (non-hydrogen) atoms. The minimum atomic E-state index is 0. The number of nitrogens with one attached hydrogen (secondary N) is 2. The van der Waals surface area contributed by atoms with Crippen LogP contribution in [-0.2, 0) is 24.9 Å². The van der Waals surface area contributed by atoms with Gasteiger partial charge in [-0.3, -0.25) is 4.90 Å². The molecule has 2 heterocycles. The fourth-order valence-corrected chi connectivity index (χ4v) is 3.25. The highest BCUT2D eigenvalue weighted by Crippen LogP contribution is 2.25. The molecule has 178 valence electrons. The normalized spacial score (nSPS) is 14.6. The highest BCUT2D eigenvalue weighted by Gasteiger charge is 2.11. The van der Waals surface area contributed by atoms with Crippen molar-refractivity contribution >= 4 is 29.9 Å². The Morgan fingerprint density at radius 2 is 1.94 bits per heavy atom. The van der Waals surface area contributed by atoms with Crippen LogP contribution in [-0.4, -0.2) is 79.2 Å². The van der Waals surface area contributed by atoms with Gasteiger partial charge in [0.15, 0.2) is 11.8 Å². The molecule has 1 saturated heterocycles. The van der Waals surface area contributed by atoms with E-state index in [4.69, 9.17) is 19.2 Å². The van der Waals surface area contributed by atoms with E-state index in [0.717, 1.165) is 68.1 Å². The summed E-state index contributed by atoms with van der Waals surface area (Å²) in [6, 6.07) is 5.75. The van der Waals surface area contributed by atoms with Gasteiger partial charge in [0.25, 0.3) is 0 Å². The Morgan fingerprint density at radius 1 is 1.16 bits per heavy atom. The summed E-state index contributed by atoms with van der Waals surface area (Å²) in [7, 11) is 5.25. The topological polar surface area (TPSA) is 98.1 Å². The summed E-state index contributed by atoms with van der Waals surface area (Å²) in [5.41, 5.74) is 0.979. The summed E-state index contributed by atoms with van der Waals surface area (Å²) in [5, 5.41) is 15.1. The van der Waals surface area contributed by atoms with Gasteiger partial charge in [0.05, 0.1) is 40.5 Å². The number of halogens is 1. The predicted molar refractivity (Wildman–Crippen MR) is 134 cm³/mol. The van der Waals surface area contributed by atoms with Gasteiger partial charge in [-0.1, -0.05) is 0 Å². The summed E-state index contributed by atoms with van der Waals surface area (Å²) in [4.78, 5) is 7.15. The molecule has 1 aliphatic heterocycles. The first kappa shape index (κ1) is 26.1. The van der Waals surface area contributed by atoms with E-state index in [2.05, 4.69) is 25.7 Å². The van der Waals surface area contributed by atoms with Crippen LogP contribution in [0.1, 0.15) is 17.2 Å². The van der Waals surface area contributed by atoms with Crippen LogP contribution < -0.4 is 20.1 Å². The molecule has 0 aliphatic carbocycles. The van der Waals surface area contributed by atoms with Gasteiger partial charge in [-0.25, -0.2) is 4.99 Å². The van der Waals surface area contributed by atoms with E-state index in [1.54, 1.807) is 14.2 Å². The number of rotatable bonds is 9. The quantitative estimate of drug-likeness (QED) is 0.270. The number of morpholine rings is 1. The Morgan fingerprint density at radius 3 is 2.59 bits per heavy atom. The van der Waals surface area contributed by atoms with Gasteiger partial charge < -0.3 is 29.4 Å². The molecule has 0 saturated carbocycles. The molecule has 2 aromatic rings. The summed E-state index contributed by atoms with van der Waals surface area (Å²) < 4.78 is 18.2. The van der Waals surface area contributed by atoms with E-state index in [9.17, 15) is 0 Å². The highest BCUT2D eigenvalue weighted by atomic mass is 127. The lowest BCUT2D eigenvalue weighted by atomic mass is 10.2. The maximum atomic E-state index is 5.50. The summed E-state index contributed by atoms with van der Waals surface area (Å²) in [6.45, 7) is 8.15. The third kappa shape index (κ3) is 7.48. The van der Waals surface area contributed by atoms with Crippen molar-refractivity contribution in [2.45, 2.75) is 20.0 Å². The summed E-state index contributed by atoms with van der Waals surface area (Å²) in [5.74, 6) is 3.94.